The van der Waals surface area contributed by atoms with Crippen molar-refractivity contribution in [2.45, 2.75) is 39.3 Å². The summed E-state index contributed by atoms with van der Waals surface area (Å²) < 4.78 is 16.8. The maximum Gasteiger partial charge on any atom is 0.119 e. The van der Waals surface area contributed by atoms with E-state index in [1.807, 2.05) is 33.0 Å². The van der Waals surface area contributed by atoms with Gasteiger partial charge in [0.2, 0.25) is 0 Å². The van der Waals surface area contributed by atoms with Crippen molar-refractivity contribution in [3.05, 3.63) is 29.8 Å². The van der Waals surface area contributed by atoms with E-state index in [1.54, 1.807) is 0 Å². The number of ether oxygens (including phenoxy) is 3. The Morgan fingerprint density at radius 2 is 1.81 bits per heavy atom. The van der Waals surface area contributed by atoms with Crippen molar-refractivity contribution < 1.29 is 14.2 Å². The normalized spacial score (nSPS) is 13.9. The molecule has 2 atom stereocenters. The highest BCUT2D eigenvalue weighted by Gasteiger charge is 2.12. The molecule has 0 bridgehead atoms. The van der Waals surface area contributed by atoms with E-state index < -0.39 is 0 Å². The van der Waals surface area contributed by atoms with Gasteiger partial charge in [-0.2, -0.15) is 0 Å². The summed E-state index contributed by atoms with van der Waals surface area (Å²) in [4.78, 5) is 0. The SMILES string of the molecule is CCCOc1ccc(C(COC(C)COCC)NC)cc1. The third-order valence-electron chi connectivity index (χ3n) is 3.21. The van der Waals surface area contributed by atoms with Crippen LogP contribution in [0.3, 0.4) is 0 Å². The van der Waals surface area contributed by atoms with Gasteiger partial charge in [-0.3, -0.25) is 0 Å². The van der Waals surface area contributed by atoms with Gasteiger partial charge in [-0.15, -0.1) is 0 Å². The zero-order valence-corrected chi connectivity index (χ0v) is 13.7. The highest BCUT2D eigenvalue weighted by atomic mass is 16.5. The Hall–Kier alpha value is -1.10. The molecule has 4 nitrogen and oxygen atoms in total. The Balaban J connectivity index is 2.47. The van der Waals surface area contributed by atoms with Gasteiger partial charge in [0.05, 0.1) is 32.0 Å². The van der Waals surface area contributed by atoms with Gasteiger partial charge in [-0.25, -0.2) is 0 Å². The molecular weight excluding hydrogens is 266 g/mol. The molecule has 0 heterocycles. The number of rotatable bonds is 11. The molecule has 0 saturated carbocycles. The lowest BCUT2D eigenvalue weighted by molar-refractivity contribution is -0.0110. The van der Waals surface area contributed by atoms with Crippen molar-refractivity contribution in [1.82, 2.24) is 5.32 Å². The van der Waals surface area contributed by atoms with Gasteiger partial charge in [0.25, 0.3) is 0 Å². The van der Waals surface area contributed by atoms with Crippen LogP contribution in [0, 0.1) is 0 Å². The average Bonchev–Trinajstić information content (AvgIpc) is 2.52. The monoisotopic (exact) mass is 295 g/mol. The standard InChI is InChI=1S/C17H29NO3/c1-5-11-20-16-9-7-15(8-10-16)17(18-4)13-21-14(3)12-19-6-2/h7-10,14,17-18H,5-6,11-13H2,1-4H3. The van der Waals surface area contributed by atoms with Crippen LogP contribution in [0.25, 0.3) is 0 Å². The molecule has 0 spiro atoms. The number of likely N-dealkylation sites (N-methyl/N-ethyl adjacent to an activating group) is 1. The first kappa shape index (κ1) is 18.0. The zero-order chi connectivity index (χ0) is 15.5. The van der Waals surface area contributed by atoms with E-state index in [9.17, 15) is 0 Å². The Morgan fingerprint density at radius 1 is 1.10 bits per heavy atom. The Morgan fingerprint density at radius 3 is 2.38 bits per heavy atom. The molecule has 0 saturated heterocycles. The second kappa shape index (κ2) is 10.6. The molecule has 0 radical (unpaired) electrons. The van der Waals surface area contributed by atoms with E-state index in [2.05, 4.69) is 24.4 Å². The fourth-order valence-corrected chi connectivity index (χ4v) is 1.95. The van der Waals surface area contributed by atoms with Crippen LogP contribution in [0.1, 0.15) is 38.8 Å². The van der Waals surface area contributed by atoms with Crippen LogP contribution in [0.15, 0.2) is 24.3 Å². The van der Waals surface area contributed by atoms with Crippen molar-refractivity contribution in [3.63, 3.8) is 0 Å². The van der Waals surface area contributed by atoms with Crippen LogP contribution in [0.4, 0.5) is 0 Å². The molecule has 0 aromatic heterocycles. The van der Waals surface area contributed by atoms with E-state index in [4.69, 9.17) is 14.2 Å². The summed E-state index contributed by atoms with van der Waals surface area (Å²) >= 11 is 0. The quantitative estimate of drug-likeness (QED) is 0.680. The minimum Gasteiger partial charge on any atom is -0.494 e. The van der Waals surface area contributed by atoms with Crippen molar-refractivity contribution >= 4 is 0 Å². The molecule has 21 heavy (non-hydrogen) atoms. The molecule has 1 rings (SSSR count). The van der Waals surface area contributed by atoms with Gasteiger partial charge < -0.3 is 19.5 Å². The summed E-state index contributed by atoms with van der Waals surface area (Å²) in [5.74, 6) is 0.918. The summed E-state index contributed by atoms with van der Waals surface area (Å²) in [5.41, 5.74) is 1.20. The summed E-state index contributed by atoms with van der Waals surface area (Å²) in [6.45, 7) is 8.87. The van der Waals surface area contributed by atoms with E-state index >= 15 is 0 Å². The second-order valence-corrected chi connectivity index (χ2v) is 5.06. The first-order valence-corrected chi connectivity index (χ1v) is 7.80. The van der Waals surface area contributed by atoms with Crippen LogP contribution in [-0.2, 0) is 9.47 Å². The lowest BCUT2D eigenvalue weighted by Gasteiger charge is -2.20. The maximum absolute atomic E-state index is 5.83. The Kier molecular flexibility index (Phi) is 9.06. The van der Waals surface area contributed by atoms with Crippen molar-refractivity contribution in [1.29, 1.82) is 0 Å². The Bertz CT molecular complexity index is 367. The van der Waals surface area contributed by atoms with Crippen molar-refractivity contribution in [2.24, 2.45) is 0 Å². The van der Waals surface area contributed by atoms with Gasteiger partial charge in [0.15, 0.2) is 0 Å². The summed E-state index contributed by atoms with van der Waals surface area (Å²) in [7, 11) is 1.95. The molecule has 0 aliphatic heterocycles. The fraction of sp³-hybridized carbons (Fsp3) is 0.647. The molecular formula is C17H29NO3. The molecule has 0 aliphatic carbocycles. The topological polar surface area (TPSA) is 39.7 Å². The smallest absolute Gasteiger partial charge is 0.119 e. The second-order valence-electron chi connectivity index (χ2n) is 5.06. The van der Waals surface area contributed by atoms with E-state index in [1.165, 1.54) is 5.56 Å². The maximum atomic E-state index is 5.83. The number of benzene rings is 1. The van der Waals surface area contributed by atoms with Crippen LogP contribution < -0.4 is 10.1 Å². The predicted molar refractivity (Wildman–Crippen MR) is 85.9 cm³/mol. The summed E-state index contributed by atoms with van der Waals surface area (Å²) in [6.07, 6.45) is 1.12. The molecule has 0 amide bonds. The summed E-state index contributed by atoms with van der Waals surface area (Å²) in [5, 5.41) is 3.29. The minimum atomic E-state index is 0.105. The fourth-order valence-electron chi connectivity index (χ4n) is 1.95. The van der Waals surface area contributed by atoms with Crippen molar-refractivity contribution in [2.75, 3.05) is 33.5 Å². The molecule has 2 unspecified atom stereocenters. The average molecular weight is 295 g/mol. The van der Waals surface area contributed by atoms with E-state index in [0.29, 0.717) is 13.2 Å². The molecule has 1 aromatic rings. The lowest BCUT2D eigenvalue weighted by atomic mass is 10.1. The third kappa shape index (κ3) is 6.93. The molecule has 1 N–H and O–H groups in total. The molecule has 120 valence electrons. The van der Waals surface area contributed by atoms with E-state index in [-0.39, 0.29) is 12.1 Å². The molecule has 4 heteroatoms. The van der Waals surface area contributed by atoms with Crippen LogP contribution in [-0.4, -0.2) is 39.6 Å². The highest BCUT2D eigenvalue weighted by Crippen LogP contribution is 2.18. The minimum absolute atomic E-state index is 0.105. The number of nitrogens with one attached hydrogen (secondary N) is 1. The van der Waals surface area contributed by atoms with Gasteiger partial charge >= 0.3 is 0 Å². The van der Waals surface area contributed by atoms with Gasteiger partial charge in [0.1, 0.15) is 5.75 Å². The molecule has 0 fully saturated rings. The van der Waals surface area contributed by atoms with Crippen molar-refractivity contribution in [3.8, 4) is 5.75 Å². The third-order valence-corrected chi connectivity index (χ3v) is 3.21. The van der Waals surface area contributed by atoms with Crippen LogP contribution in [0.5, 0.6) is 5.75 Å². The van der Waals surface area contributed by atoms with Gasteiger partial charge in [0, 0.05) is 6.61 Å². The molecule has 1 aromatic carbocycles. The largest absolute Gasteiger partial charge is 0.494 e. The van der Waals surface area contributed by atoms with Gasteiger partial charge in [-0.05, 0) is 45.0 Å². The van der Waals surface area contributed by atoms with Gasteiger partial charge in [-0.1, -0.05) is 19.1 Å². The zero-order valence-electron chi connectivity index (χ0n) is 13.7. The van der Waals surface area contributed by atoms with E-state index in [0.717, 1.165) is 25.4 Å². The molecule has 0 aliphatic rings. The van der Waals surface area contributed by atoms with Crippen LogP contribution >= 0.6 is 0 Å². The number of hydrogen-bond acceptors (Lipinski definition) is 4. The summed E-state index contributed by atoms with van der Waals surface area (Å²) in [6, 6.07) is 8.37. The van der Waals surface area contributed by atoms with Crippen LogP contribution in [0.2, 0.25) is 0 Å². The lowest BCUT2D eigenvalue weighted by Crippen LogP contribution is -2.26. The Labute approximate surface area is 128 Å². The first-order chi connectivity index (χ1) is 10.2. The number of hydrogen-bond donors (Lipinski definition) is 1. The highest BCUT2D eigenvalue weighted by molar-refractivity contribution is 5.29. The first-order valence-electron chi connectivity index (χ1n) is 7.80. The predicted octanol–water partition coefficient (Wildman–Crippen LogP) is 3.18.